The second kappa shape index (κ2) is 5.10. The minimum Gasteiger partial charge on any atom is -0.351 e. The molecule has 0 atom stereocenters. The fraction of sp³-hybridized carbons (Fsp3) is 0. The number of aromatic amines is 1. The fourth-order valence-corrected chi connectivity index (χ4v) is 0.469. The van der Waals surface area contributed by atoms with E-state index < -0.39 is 0 Å². The minimum absolute atomic E-state index is 0. The van der Waals surface area contributed by atoms with Crippen LogP contribution in [0.1, 0.15) is 1.43 Å². The molecule has 0 unspecified atom stereocenters. The van der Waals surface area contributed by atoms with E-state index in [0.29, 0.717) is 0 Å². The van der Waals surface area contributed by atoms with Crippen molar-refractivity contribution in [1.29, 1.82) is 0 Å². The molecular weight excluding hydrogens is 140 g/mol. The van der Waals surface area contributed by atoms with Gasteiger partial charge >= 0.3 is 0 Å². The second-order valence-corrected chi connectivity index (χ2v) is 1.66. The van der Waals surface area contributed by atoms with Crippen molar-refractivity contribution >= 4 is 0 Å². The largest absolute Gasteiger partial charge is 0.351 e. The van der Waals surface area contributed by atoms with Crippen molar-refractivity contribution in [2.24, 2.45) is 0 Å². The van der Waals surface area contributed by atoms with E-state index >= 15 is 0 Å². The van der Waals surface area contributed by atoms with Gasteiger partial charge in [0.15, 0.2) is 0 Å². The Morgan fingerprint density at radius 3 is 2.00 bits per heavy atom. The molecule has 0 bridgehead atoms. The molecule has 0 spiro atoms. The number of imidazole rings is 1. The second-order valence-electron chi connectivity index (χ2n) is 1.66. The van der Waals surface area contributed by atoms with Crippen LogP contribution in [0.5, 0.6) is 0 Å². The van der Waals surface area contributed by atoms with E-state index in [0.717, 1.165) is 0 Å². The molecule has 2 aromatic rings. The first-order valence-corrected chi connectivity index (χ1v) is 3.13. The number of rotatable bonds is 0. The van der Waals surface area contributed by atoms with Gasteiger partial charge in [0, 0.05) is 26.2 Å². The summed E-state index contributed by atoms with van der Waals surface area (Å²) in [7, 11) is 0. The number of H-pyrrole nitrogens is 1. The normalized spacial score (nSPS) is 8.00. The van der Waals surface area contributed by atoms with Crippen molar-refractivity contribution < 1.29 is 1.43 Å². The summed E-state index contributed by atoms with van der Waals surface area (Å²) < 4.78 is 0. The first-order chi connectivity index (χ1) is 5.50. The zero-order valence-corrected chi connectivity index (χ0v) is 5.88. The highest BCUT2D eigenvalue weighted by Crippen LogP contribution is 1.66. The molecule has 0 aliphatic rings. The van der Waals surface area contributed by atoms with Gasteiger partial charge in [-0.05, 0) is 6.07 Å². The molecule has 11 heavy (non-hydrogen) atoms. The standard InChI is InChI=1S/C4H4N2.C3H4N2.H2/c1-2-5-4-6-3-1;1-2-5-3-4-1;/h1-4H;1-3H,(H,4,5);1H. The number of nitrogens with zero attached hydrogens (tertiary/aromatic N) is 3. The molecule has 0 aliphatic carbocycles. The van der Waals surface area contributed by atoms with Crippen molar-refractivity contribution in [1.82, 2.24) is 19.9 Å². The summed E-state index contributed by atoms with van der Waals surface area (Å²) in [5, 5.41) is 0. The maximum atomic E-state index is 3.67. The van der Waals surface area contributed by atoms with Crippen LogP contribution in [-0.4, -0.2) is 19.9 Å². The number of nitrogens with one attached hydrogen (secondary N) is 1. The summed E-state index contributed by atoms with van der Waals surface area (Å²) in [6.45, 7) is 0. The van der Waals surface area contributed by atoms with Crippen LogP contribution in [0.2, 0.25) is 0 Å². The molecule has 0 aliphatic heterocycles. The lowest BCUT2D eigenvalue weighted by molar-refractivity contribution is 1.17. The van der Waals surface area contributed by atoms with E-state index in [4.69, 9.17) is 0 Å². The predicted octanol–water partition coefficient (Wildman–Crippen LogP) is 1.13. The molecule has 0 aromatic carbocycles. The van der Waals surface area contributed by atoms with E-state index in [1.54, 1.807) is 37.2 Å². The Morgan fingerprint density at radius 1 is 1.00 bits per heavy atom. The van der Waals surface area contributed by atoms with E-state index in [-0.39, 0.29) is 1.43 Å². The van der Waals surface area contributed by atoms with E-state index in [1.165, 1.54) is 6.33 Å². The third-order valence-electron chi connectivity index (χ3n) is 0.883. The molecule has 4 nitrogen and oxygen atoms in total. The van der Waals surface area contributed by atoms with Gasteiger partial charge in [0.2, 0.25) is 0 Å². The van der Waals surface area contributed by atoms with Gasteiger partial charge in [-0.15, -0.1) is 0 Å². The highest BCUT2D eigenvalue weighted by Gasteiger charge is 1.59. The third-order valence-corrected chi connectivity index (χ3v) is 0.883. The average Bonchev–Trinajstić information content (AvgIpc) is 2.64. The highest BCUT2D eigenvalue weighted by molar-refractivity contribution is 4.74. The van der Waals surface area contributed by atoms with E-state index in [9.17, 15) is 0 Å². The van der Waals surface area contributed by atoms with Gasteiger partial charge in [-0.1, -0.05) is 0 Å². The third kappa shape index (κ3) is 3.80. The number of hydrogen-bond acceptors (Lipinski definition) is 3. The Labute approximate surface area is 65.8 Å². The SMILES string of the molecule is [HH].c1c[nH]cn1.c1cncnc1. The van der Waals surface area contributed by atoms with E-state index in [2.05, 4.69) is 19.9 Å². The molecule has 1 N–H and O–H groups in total. The average molecular weight is 150 g/mol. The summed E-state index contributed by atoms with van der Waals surface area (Å²) in [4.78, 5) is 13.8. The van der Waals surface area contributed by atoms with Crippen molar-refractivity contribution in [2.45, 2.75) is 0 Å². The van der Waals surface area contributed by atoms with Gasteiger partial charge in [0.05, 0.1) is 6.33 Å². The van der Waals surface area contributed by atoms with Gasteiger partial charge in [-0.25, -0.2) is 15.0 Å². The molecule has 2 rings (SSSR count). The summed E-state index contributed by atoms with van der Waals surface area (Å²) in [5.74, 6) is 0. The lowest BCUT2D eigenvalue weighted by atomic mass is 10.7. The summed E-state index contributed by atoms with van der Waals surface area (Å²) in [6.07, 6.45) is 9.96. The van der Waals surface area contributed by atoms with Crippen LogP contribution in [0.25, 0.3) is 0 Å². The van der Waals surface area contributed by atoms with Crippen LogP contribution in [0.4, 0.5) is 0 Å². The molecule has 2 heterocycles. The van der Waals surface area contributed by atoms with E-state index in [1.807, 2.05) is 0 Å². The molecule has 0 saturated heterocycles. The Hall–Kier alpha value is -1.71. The zero-order valence-electron chi connectivity index (χ0n) is 5.88. The maximum absolute atomic E-state index is 3.67. The van der Waals surface area contributed by atoms with Gasteiger partial charge in [-0.2, -0.15) is 0 Å². The monoisotopic (exact) mass is 150 g/mol. The van der Waals surface area contributed by atoms with Gasteiger partial charge in [0.25, 0.3) is 0 Å². The molecule has 0 amide bonds. The van der Waals surface area contributed by atoms with Crippen molar-refractivity contribution in [3.63, 3.8) is 0 Å². The quantitative estimate of drug-likeness (QED) is 0.612. The van der Waals surface area contributed by atoms with Crippen LogP contribution in [0.15, 0.2) is 43.5 Å². The topological polar surface area (TPSA) is 54.5 Å². The van der Waals surface area contributed by atoms with Gasteiger partial charge in [0.1, 0.15) is 6.33 Å². The highest BCUT2D eigenvalue weighted by atomic mass is 14.8. The van der Waals surface area contributed by atoms with Crippen molar-refractivity contribution in [3.05, 3.63) is 43.5 Å². The molecule has 0 saturated carbocycles. The molecule has 0 radical (unpaired) electrons. The van der Waals surface area contributed by atoms with Crippen LogP contribution < -0.4 is 0 Å². The summed E-state index contributed by atoms with van der Waals surface area (Å²) >= 11 is 0. The Bertz CT molecular complexity index is 201. The summed E-state index contributed by atoms with van der Waals surface area (Å²) in [5.41, 5.74) is 0. The predicted molar refractivity (Wildman–Crippen MR) is 42.7 cm³/mol. The van der Waals surface area contributed by atoms with Crippen LogP contribution in [0, 0.1) is 0 Å². The molecule has 58 valence electrons. The molecular formula is C7H10N4. The first-order valence-electron chi connectivity index (χ1n) is 3.13. The fourth-order valence-electron chi connectivity index (χ4n) is 0.469. The van der Waals surface area contributed by atoms with Crippen LogP contribution in [-0.2, 0) is 0 Å². The zero-order chi connectivity index (χ0) is 7.78. The Morgan fingerprint density at radius 2 is 1.82 bits per heavy atom. The van der Waals surface area contributed by atoms with Gasteiger partial charge < -0.3 is 4.98 Å². The Kier molecular flexibility index (Phi) is 3.43. The van der Waals surface area contributed by atoms with Crippen molar-refractivity contribution in [2.75, 3.05) is 0 Å². The lowest BCUT2D eigenvalue weighted by Crippen LogP contribution is -1.66. The van der Waals surface area contributed by atoms with Crippen LogP contribution in [0.3, 0.4) is 0 Å². The smallest absolute Gasteiger partial charge is 0.115 e. The van der Waals surface area contributed by atoms with Gasteiger partial charge in [-0.3, -0.25) is 0 Å². The van der Waals surface area contributed by atoms with Crippen LogP contribution >= 0.6 is 0 Å². The summed E-state index contributed by atoms with van der Waals surface area (Å²) in [6, 6.07) is 1.78. The minimum atomic E-state index is 0. The van der Waals surface area contributed by atoms with Crippen molar-refractivity contribution in [3.8, 4) is 0 Å². The maximum Gasteiger partial charge on any atom is 0.115 e. The number of hydrogen-bond donors (Lipinski definition) is 1. The molecule has 0 fully saturated rings. The molecule has 2 aromatic heterocycles. The first kappa shape index (κ1) is 7.40. The lowest BCUT2D eigenvalue weighted by Gasteiger charge is -1.70. The number of aromatic nitrogens is 4. The molecule has 4 heteroatoms. The Balaban J connectivity index is 0.000000189.